The average molecular weight is 558 g/mol. The van der Waals surface area contributed by atoms with Gasteiger partial charge in [0.1, 0.15) is 18.3 Å². The van der Waals surface area contributed by atoms with E-state index in [0.29, 0.717) is 28.6 Å². The minimum atomic E-state index is -4.15. The van der Waals surface area contributed by atoms with Crippen LogP contribution in [0.25, 0.3) is 0 Å². The van der Waals surface area contributed by atoms with Crippen LogP contribution < -0.4 is 14.4 Å². The van der Waals surface area contributed by atoms with E-state index in [2.05, 4.69) is 5.32 Å². The van der Waals surface area contributed by atoms with Gasteiger partial charge in [0.05, 0.1) is 17.2 Å². The van der Waals surface area contributed by atoms with E-state index in [-0.39, 0.29) is 17.3 Å². The van der Waals surface area contributed by atoms with Crippen molar-refractivity contribution in [1.82, 2.24) is 10.2 Å². The molecule has 10 heteroatoms. The fraction of sp³-hybridized carbons (Fsp3) is 0.286. The Morgan fingerprint density at radius 1 is 1.03 bits per heavy atom. The second-order valence-corrected chi connectivity index (χ2v) is 11.0. The smallest absolute Gasteiger partial charge is 0.264 e. The number of carbonyl (C=O) groups excluding carboxylic acids is 2. The minimum absolute atomic E-state index is 0.00932. The number of carbonyl (C=O) groups is 2. The number of anilines is 1. The van der Waals surface area contributed by atoms with Gasteiger partial charge in [-0.3, -0.25) is 13.9 Å². The zero-order valence-corrected chi connectivity index (χ0v) is 23.4. The van der Waals surface area contributed by atoms with Gasteiger partial charge in [0.25, 0.3) is 10.0 Å². The van der Waals surface area contributed by atoms with Crippen LogP contribution in [0.4, 0.5) is 5.69 Å². The molecule has 0 aromatic heterocycles. The average Bonchev–Trinajstić information content (AvgIpc) is 2.90. The Morgan fingerprint density at radius 3 is 2.26 bits per heavy atom. The third kappa shape index (κ3) is 7.05. The Bertz CT molecular complexity index is 1360. The maximum Gasteiger partial charge on any atom is 0.264 e. The van der Waals surface area contributed by atoms with E-state index in [1.807, 2.05) is 13.8 Å². The van der Waals surface area contributed by atoms with Crippen LogP contribution in [0.2, 0.25) is 5.02 Å². The molecule has 0 unspecified atom stereocenters. The summed E-state index contributed by atoms with van der Waals surface area (Å²) < 4.78 is 34.1. The van der Waals surface area contributed by atoms with E-state index < -0.39 is 28.5 Å². The molecule has 0 aliphatic heterocycles. The Morgan fingerprint density at radius 2 is 1.68 bits per heavy atom. The van der Waals surface area contributed by atoms with E-state index >= 15 is 0 Å². The molecular formula is C28H32ClN3O5S. The lowest BCUT2D eigenvalue weighted by Crippen LogP contribution is -2.50. The van der Waals surface area contributed by atoms with Gasteiger partial charge >= 0.3 is 0 Å². The number of hydrogen-bond donors (Lipinski definition) is 1. The molecule has 38 heavy (non-hydrogen) atoms. The monoisotopic (exact) mass is 557 g/mol. The van der Waals surface area contributed by atoms with Crippen molar-refractivity contribution in [3.8, 4) is 5.75 Å². The van der Waals surface area contributed by atoms with Crippen molar-refractivity contribution in [3.05, 3.63) is 88.9 Å². The summed E-state index contributed by atoms with van der Waals surface area (Å²) >= 11 is 6.13. The van der Waals surface area contributed by atoms with Gasteiger partial charge in [0.15, 0.2) is 0 Å². The van der Waals surface area contributed by atoms with Crippen LogP contribution in [0.5, 0.6) is 5.75 Å². The number of hydrogen-bond acceptors (Lipinski definition) is 5. The second-order valence-electron chi connectivity index (χ2n) is 8.69. The predicted molar refractivity (Wildman–Crippen MR) is 149 cm³/mol. The highest BCUT2D eigenvalue weighted by Crippen LogP contribution is 2.26. The van der Waals surface area contributed by atoms with Gasteiger partial charge in [-0.1, -0.05) is 41.4 Å². The Labute approximate surface area is 229 Å². The number of amides is 2. The second kappa shape index (κ2) is 12.8. The van der Waals surface area contributed by atoms with Gasteiger partial charge in [-0.15, -0.1) is 0 Å². The molecule has 1 N–H and O–H groups in total. The van der Waals surface area contributed by atoms with Crippen molar-refractivity contribution in [2.45, 2.75) is 38.3 Å². The van der Waals surface area contributed by atoms with Crippen LogP contribution in [0.1, 0.15) is 25.0 Å². The fourth-order valence-corrected chi connectivity index (χ4v) is 5.49. The third-order valence-corrected chi connectivity index (χ3v) is 8.00. The quantitative estimate of drug-likeness (QED) is 0.377. The normalized spacial score (nSPS) is 11.9. The maximum absolute atomic E-state index is 13.8. The fourth-order valence-electron chi connectivity index (χ4n) is 3.87. The first kappa shape index (κ1) is 29.0. The lowest BCUT2D eigenvalue weighted by molar-refractivity contribution is -0.139. The lowest BCUT2D eigenvalue weighted by atomic mass is 10.1. The molecule has 0 saturated heterocycles. The molecule has 0 aliphatic carbocycles. The van der Waals surface area contributed by atoms with E-state index in [4.69, 9.17) is 16.3 Å². The summed E-state index contributed by atoms with van der Waals surface area (Å²) in [7, 11) is -2.67. The van der Waals surface area contributed by atoms with Gasteiger partial charge in [-0.2, -0.15) is 0 Å². The van der Waals surface area contributed by atoms with E-state index in [9.17, 15) is 18.0 Å². The van der Waals surface area contributed by atoms with Crippen LogP contribution in [-0.4, -0.2) is 51.4 Å². The summed E-state index contributed by atoms with van der Waals surface area (Å²) in [6, 6.07) is 19.0. The number of aryl methyl sites for hydroxylation is 1. The van der Waals surface area contributed by atoms with Crippen molar-refractivity contribution in [3.63, 3.8) is 0 Å². The lowest BCUT2D eigenvalue weighted by Gasteiger charge is -2.31. The number of likely N-dealkylation sites (N-methyl/N-ethyl adjacent to an activating group) is 1. The number of benzene rings is 3. The summed E-state index contributed by atoms with van der Waals surface area (Å²) in [4.78, 5) is 27.6. The Kier molecular flexibility index (Phi) is 9.77. The molecule has 0 saturated carbocycles. The first-order valence-corrected chi connectivity index (χ1v) is 14.0. The summed E-state index contributed by atoms with van der Waals surface area (Å²) in [5.74, 6) is -0.385. The van der Waals surface area contributed by atoms with Crippen LogP contribution in [0, 0.1) is 6.92 Å². The molecule has 202 valence electrons. The molecule has 2 amide bonds. The molecule has 3 aromatic rings. The van der Waals surface area contributed by atoms with Crippen LogP contribution >= 0.6 is 11.6 Å². The third-order valence-electron chi connectivity index (χ3n) is 5.98. The van der Waals surface area contributed by atoms with Crippen molar-refractivity contribution >= 4 is 39.1 Å². The van der Waals surface area contributed by atoms with Gasteiger partial charge in [0, 0.05) is 18.6 Å². The number of ether oxygens (including phenoxy) is 1. The number of halogens is 1. The van der Waals surface area contributed by atoms with Crippen LogP contribution in [0.3, 0.4) is 0 Å². The van der Waals surface area contributed by atoms with E-state index in [1.165, 1.54) is 24.1 Å². The molecule has 0 radical (unpaired) electrons. The molecule has 3 aromatic carbocycles. The highest BCUT2D eigenvalue weighted by atomic mass is 35.5. The topological polar surface area (TPSA) is 96.0 Å². The first-order valence-electron chi connectivity index (χ1n) is 12.1. The van der Waals surface area contributed by atoms with Crippen LogP contribution in [0.15, 0.2) is 77.7 Å². The molecule has 8 nitrogen and oxygen atoms in total. The highest BCUT2D eigenvalue weighted by molar-refractivity contribution is 7.92. The number of nitrogens with zero attached hydrogens (tertiary/aromatic N) is 2. The molecule has 0 bridgehead atoms. The van der Waals surface area contributed by atoms with Crippen molar-refractivity contribution < 1.29 is 22.7 Å². The van der Waals surface area contributed by atoms with Crippen LogP contribution in [-0.2, 0) is 26.2 Å². The standard InChI is InChI=1S/C28H32ClN3O5S/c1-5-37-25-13-15-26(16-14-25)38(35,36)32(24-11-9-20(2)10-12-24)19-27(33)31(21(3)28(34)30-4)18-22-7-6-8-23(29)17-22/h6-17,21H,5,18-19H2,1-4H3,(H,30,34)/t21-/m0/s1. The van der Waals surface area contributed by atoms with Crippen molar-refractivity contribution in [2.75, 3.05) is 24.5 Å². The molecule has 0 spiro atoms. The highest BCUT2D eigenvalue weighted by Gasteiger charge is 2.32. The van der Waals surface area contributed by atoms with Crippen molar-refractivity contribution in [1.29, 1.82) is 0 Å². The van der Waals surface area contributed by atoms with E-state index in [0.717, 1.165) is 9.87 Å². The molecule has 0 fully saturated rings. The molecule has 1 atom stereocenters. The van der Waals surface area contributed by atoms with Crippen molar-refractivity contribution in [2.24, 2.45) is 0 Å². The number of rotatable bonds is 11. The largest absolute Gasteiger partial charge is 0.494 e. The first-order chi connectivity index (χ1) is 18.1. The summed E-state index contributed by atoms with van der Waals surface area (Å²) in [6.45, 7) is 5.32. The molecule has 0 heterocycles. The van der Waals surface area contributed by atoms with Gasteiger partial charge in [0.2, 0.25) is 11.8 Å². The number of nitrogens with one attached hydrogen (secondary N) is 1. The van der Waals surface area contributed by atoms with Gasteiger partial charge in [-0.25, -0.2) is 8.42 Å². The minimum Gasteiger partial charge on any atom is -0.494 e. The van der Waals surface area contributed by atoms with E-state index in [1.54, 1.807) is 67.6 Å². The zero-order valence-electron chi connectivity index (χ0n) is 21.8. The Hall–Kier alpha value is -3.56. The number of sulfonamides is 1. The summed E-state index contributed by atoms with van der Waals surface area (Å²) in [5, 5.41) is 3.05. The predicted octanol–water partition coefficient (Wildman–Crippen LogP) is 4.41. The molecule has 0 aliphatic rings. The SMILES string of the molecule is CCOc1ccc(S(=O)(=O)N(CC(=O)N(Cc2cccc(Cl)c2)[C@@H](C)C(=O)NC)c2ccc(C)cc2)cc1. The van der Waals surface area contributed by atoms with Gasteiger partial charge < -0.3 is 15.0 Å². The zero-order chi connectivity index (χ0) is 27.9. The summed E-state index contributed by atoms with van der Waals surface area (Å²) in [5.41, 5.74) is 1.97. The Balaban J connectivity index is 2.01. The maximum atomic E-state index is 13.8. The summed E-state index contributed by atoms with van der Waals surface area (Å²) in [6.07, 6.45) is 0. The molecular weight excluding hydrogens is 526 g/mol. The van der Waals surface area contributed by atoms with Gasteiger partial charge in [-0.05, 0) is 74.9 Å². The molecule has 3 rings (SSSR count).